The van der Waals surface area contributed by atoms with Crippen LogP contribution in [0, 0.1) is 0 Å². The van der Waals surface area contributed by atoms with Crippen molar-refractivity contribution in [1.29, 1.82) is 0 Å². The van der Waals surface area contributed by atoms with E-state index in [0.717, 1.165) is 17.5 Å². The molecule has 0 aliphatic carbocycles. The molecule has 4 nitrogen and oxygen atoms in total. The van der Waals surface area contributed by atoms with Crippen LogP contribution in [0.15, 0.2) is 47.5 Å². The van der Waals surface area contributed by atoms with Crippen molar-refractivity contribution in [2.45, 2.75) is 26.0 Å². The fourth-order valence-electron chi connectivity index (χ4n) is 3.81. The third-order valence-electron chi connectivity index (χ3n) is 5.03. The Bertz CT molecular complexity index is 1200. The van der Waals surface area contributed by atoms with Gasteiger partial charge in [-0.2, -0.15) is 0 Å². The summed E-state index contributed by atoms with van der Waals surface area (Å²) < 4.78 is 3.10. The molecule has 25 heavy (non-hydrogen) atoms. The van der Waals surface area contributed by atoms with Crippen LogP contribution < -0.4 is 5.56 Å². The van der Waals surface area contributed by atoms with Gasteiger partial charge in [0.1, 0.15) is 0 Å². The van der Waals surface area contributed by atoms with Crippen molar-refractivity contribution in [3.05, 3.63) is 64.2 Å². The van der Waals surface area contributed by atoms with Gasteiger partial charge in [0, 0.05) is 29.2 Å². The second-order valence-electron chi connectivity index (χ2n) is 6.51. The van der Waals surface area contributed by atoms with E-state index in [9.17, 15) is 9.90 Å². The highest BCUT2D eigenvalue weighted by molar-refractivity contribution is 7.22. The fraction of sp³-hybridized carbons (Fsp3) is 0.200. The van der Waals surface area contributed by atoms with Gasteiger partial charge < -0.3 is 9.67 Å². The molecule has 0 fully saturated rings. The maximum Gasteiger partial charge on any atom is 0.260 e. The Morgan fingerprint density at radius 2 is 2.04 bits per heavy atom. The molecule has 1 aliphatic rings. The van der Waals surface area contributed by atoms with Crippen molar-refractivity contribution < 1.29 is 5.11 Å². The van der Waals surface area contributed by atoms with E-state index in [0.29, 0.717) is 17.5 Å². The van der Waals surface area contributed by atoms with Crippen molar-refractivity contribution in [1.82, 2.24) is 9.55 Å². The number of hydrogen-bond acceptors (Lipinski definition) is 4. The monoisotopic (exact) mass is 348 g/mol. The Morgan fingerprint density at radius 3 is 2.88 bits per heavy atom. The van der Waals surface area contributed by atoms with E-state index in [-0.39, 0.29) is 5.56 Å². The zero-order chi connectivity index (χ0) is 17.1. The van der Waals surface area contributed by atoms with E-state index in [1.165, 1.54) is 20.5 Å². The van der Waals surface area contributed by atoms with Crippen LogP contribution >= 0.6 is 11.3 Å². The maximum absolute atomic E-state index is 13.0. The molecule has 0 radical (unpaired) electrons. The van der Waals surface area contributed by atoms with Crippen LogP contribution in [-0.4, -0.2) is 14.7 Å². The van der Waals surface area contributed by atoms with Gasteiger partial charge in [0.05, 0.1) is 22.1 Å². The van der Waals surface area contributed by atoms with Gasteiger partial charge in [-0.05, 0) is 41.8 Å². The van der Waals surface area contributed by atoms with E-state index in [1.807, 2.05) is 10.6 Å². The number of aryl methyl sites for hydroxylation is 1. The average Bonchev–Trinajstić information content (AvgIpc) is 3.00. The van der Waals surface area contributed by atoms with Crippen molar-refractivity contribution in [3.63, 3.8) is 0 Å². The molecule has 4 aromatic rings. The van der Waals surface area contributed by atoms with Crippen molar-refractivity contribution >= 4 is 32.2 Å². The SMILES string of the molecule is CC(O)c1cncc2c(=O)n3c(cc12)-c1sc2ccccc2c1CC3. The lowest BCUT2D eigenvalue weighted by atomic mass is 9.99. The highest BCUT2D eigenvalue weighted by atomic mass is 32.1. The molecular weight excluding hydrogens is 332 g/mol. The Kier molecular flexibility index (Phi) is 3.11. The summed E-state index contributed by atoms with van der Waals surface area (Å²) in [7, 11) is 0. The number of aliphatic hydroxyl groups is 1. The smallest absolute Gasteiger partial charge is 0.260 e. The number of rotatable bonds is 1. The quantitative estimate of drug-likeness (QED) is 0.568. The number of hydrogen-bond donors (Lipinski definition) is 1. The largest absolute Gasteiger partial charge is 0.389 e. The summed E-state index contributed by atoms with van der Waals surface area (Å²) >= 11 is 1.74. The summed E-state index contributed by atoms with van der Waals surface area (Å²) in [4.78, 5) is 18.3. The van der Waals surface area contributed by atoms with Crippen LogP contribution in [0.3, 0.4) is 0 Å². The number of nitrogens with zero attached hydrogens (tertiary/aromatic N) is 2. The van der Waals surface area contributed by atoms with E-state index in [2.05, 4.69) is 29.2 Å². The molecule has 1 aliphatic heterocycles. The summed E-state index contributed by atoms with van der Waals surface area (Å²) in [6.07, 6.45) is 3.46. The molecule has 3 aromatic heterocycles. The van der Waals surface area contributed by atoms with Crippen molar-refractivity contribution in [3.8, 4) is 10.6 Å². The van der Waals surface area contributed by atoms with E-state index in [1.54, 1.807) is 30.7 Å². The van der Waals surface area contributed by atoms with Crippen LogP contribution in [0.25, 0.3) is 31.4 Å². The molecule has 0 amide bonds. The van der Waals surface area contributed by atoms with Gasteiger partial charge in [0.2, 0.25) is 0 Å². The fourth-order valence-corrected chi connectivity index (χ4v) is 5.08. The molecule has 124 valence electrons. The van der Waals surface area contributed by atoms with Crippen LogP contribution in [0.4, 0.5) is 0 Å². The predicted molar refractivity (Wildman–Crippen MR) is 101 cm³/mol. The summed E-state index contributed by atoms with van der Waals surface area (Å²) in [5, 5.41) is 12.7. The van der Waals surface area contributed by atoms with Gasteiger partial charge in [-0.15, -0.1) is 11.3 Å². The minimum absolute atomic E-state index is 0.0226. The van der Waals surface area contributed by atoms with Crippen molar-refractivity contribution in [2.75, 3.05) is 0 Å². The molecule has 1 N–H and O–H groups in total. The topological polar surface area (TPSA) is 55.1 Å². The van der Waals surface area contributed by atoms with Gasteiger partial charge in [-0.1, -0.05) is 18.2 Å². The zero-order valence-electron chi connectivity index (χ0n) is 13.7. The first kappa shape index (κ1) is 14.8. The highest BCUT2D eigenvalue weighted by Crippen LogP contribution is 2.42. The average molecular weight is 348 g/mol. The molecule has 0 bridgehead atoms. The number of thiophene rings is 1. The lowest BCUT2D eigenvalue weighted by Gasteiger charge is -2.20. The molecule has 0 saturated heterocycles. The van der Waals surface area contributed by atoms with Gasteiger partial charge in [-0.3, -0.25) is 9.78 Å². The van der Waals surface area contributed by atoms with E-state index < -0.39 is 6.10 Å². The van der Waals surface area contributed by atoms with Crippen LogP contribution in [0.1, 0.15) is 24.2 Å². The number of pyridine rings is 2. The minimum atomic E-state index is -0.663. The summed E-state index contributed by atoms with van der Waals surface area (Å²) in [5.74, 6) is 0. The molecule has 0 saturated carbocycles. The zero-order valence-corrected chi connectivity index (χ0v) is 14.5. The second kappa shape index (κ2) is 5.25. The number of fused-ring (bicyclic) bond motifs is 6. The first-order valence-corrected chi connectivity index (χ1v) is 9.17. The van der Waals surface area contributed by atoms with Crippen LogP contribution in [-0.2, 0) is 13.0 Å². The Balaban J connectivity index is 1.90. The first-order chi connectivity index (χ1) is 12.1. The standard InChI is InChI=1S/C20H16N2O2S/c1-11(23)15-9-21-10-16-14(15)8-17-19-13(6-7-22(17)20(16)24)12-4-2-3-5-18(12)25-19/h2-5,8-11,23H,6-7H2,1H3. The molecule has 5 heteroatoms. The third kappa shape index (κ3) is 2.03. The molecular formula is C20H16N2O2S. The van der Waals surface area contributed by atoms with Gasteiger partial charge in [-0.25, -0.2) is 0 Å². The van der Waals surface area contributed by atoms with Crippen molar-refractivity contribution in [2.24, 2.45) is 0 Å². The molecule has 5 rings (SSSR count). The second-order valence-corrected chi connectivity index (χ2v) is 7.56. The number of benzene rings is 1. The lowest BCUT2D eigenvalue weighted by Crippen LogP contribution is -2.26. The van der Waals surface area contributed by atoms with Crippen LogP contribution in [0.2, 0.25) is 0 Å². The Labute approximate surface area is 148 Å². The minimum Gasteiger partial charge on any atom is -0.389 e. The lowest BCUT2D eigenvalue weighted by molar-refractivity contribution is 0.200. The maximum atomic E-state index is 13.0. The normalized spacial score (nSPS) is 14.5. The number of aromatic nitrogens is 2. The number of aliphatic hydroxyl groups excluding tert-OH is 1. The van der Waals surface area contributed by atoms with E-state index >= 15 is 0 Å². The first-order valence-electron chi connectivity index (χ1n) is 8.35. The van der Waals surface area contributed by atoms with Gasteiger partial charge >= 0.3 is 0 Å². The molecule has 4 heterocycles. The molecule has 0 spiro atoms. The summed E-state index contributed by atoms with van der Waals surface area (Å²) in [6.45, 7) is 2.38. The Hall–Kier alpha value is -2.50. The molecule has 1 unspecified atom stereocenters. The predicted octanol–water partition coefficient (Wildman–Crippen LogP) is 3.89. The summed E-state index contributed by atoms with van der Waals surface area (Å²) in [5.41, 5.74) is 2.96. The van der Waals surface area contributed by atoms with E-state index in [4.69, 9.17) is 0 Å². The van der Waals surface area contributed by atoms with Gasteiger partial charge in [0.15, 0.2) is 0 Å². The Morgan fingerprint density at radius 1 is 1.20 bits per heavy atom. The third-order valence-corrected chi connectivity index (χ3v) is 6.27. The van der Waals surface area contributed by atoms with Gasteiger partial charge in [0.25, 0.3) is 5.56 Å². The van der Waals surface area contributed by atoms with Crippen LogP contribution in [0.5, 0.6) is 0 Å². The summed E-state index contributed by atoms with van der Waals surface area (Å²) in [6, 6.07) is 10.5. The molecule has 1 aromatic carbocycles. The highest BCUT2D eigenvalue weighted by Gasteiger charge is 2.24. The molecule has 1 atom stereocenters.